The molecule has 0 aliphatic carbocycles. The number of aliphatic carboxylic acids is 1. The first-order chi connectivity index (χ1) is 9.99. The molecule has 5 nitrogen and oxygen atoms in total. The molecule has 0 spiro atoms. The summed E-state index contributed by atoms with van der Waals surface area (Å²) in [4.78, 5) is 23.3. The maximum absolute atomic E-state index is 12.1. The van der Waals surface area contributed by atoms with Crippen molar-refractivity contribution in [2.24, 2.45) is 5.92 Å². The predicted octanol–water partition coefficient (Wildman–Crippen LogP) is 2.48. The predicted molar refractivity (Wildman–Crippen MR) is 80.5 cm³/mol. The van der Waals surface area contributed by atoms with Crippen LogP contribution in [0, 0.1) is 5.92 Å². The van der Waals surface area contributed by atoms with Gasteiger partial charge in [0, 0.05) is 5.56 Å². The molecule has 0 bridgehead atoms. The molecule has 0 aliphatic heterocycles. The normalized spacial score (nSPS) is 13.0. The lowest BCUT2D eigenvalue weighted by atomic mass is 9.99. The van der Waals surface area contributed by atoms with Gasteiger partial charge in [-0.2, -0.15) is 0 Å². The second-order valence-corrected chi connectivity index (χ2v) is 4.80. The van der Waals surface area contributed by atoms with Gasteiger partial charge in [-0.1, -0.05) is 32.9 Å². The largest absolute Gasteiger partial charge is 0.490 e. The first-order valence-electron chi connectivity index (χ1n) is 6.87. The van der Waals surface area contributed by atoms with Gasteiger partial charge < -0.3 is 15.2 Å². The van der Waals surface area contributed by atoms with E-state index in [0.29, 0.717) is 24.3 Å². The molecule has 1 rings (SSSR count). The van der Waals surface area contributed by atoms with Gasteiger partial charge in [-0.15, -0.1) is 0 Å². The SMILES string of the molecule is C=CCOc1ccc(C(=O)N[C@H](C(=O)O)[C@@H](C)CC)cc1. The topological polar surface area (TPSA) is 75.6 Å². The Labute approximate surface area is 124 Å². The van der Waals surface area contributed by atoms with Gasteiger partial charge in [-0.3, -0.25) is 4.79 Å². The van der Waals surface area contributed by atoms with Crippen LogP contribution in [-0.2, 0) is 4.79 Å². The summed E-state index contributed by atoms with van der Waals surface area (Å²) in [5.41, 5.74) is 0.399. The number of carboxylic acids is 1. The molecular weight excluding hydrogens is 270 g/mol. The van der Waals surface area contributed by atoms with Crippen molar-refractivity contribution in [3.05, 3.63) is 42.5 Å². The number of amides is 1. The Morgan fingerprint density at radius 1 is 1.38 bits per heavy atom. The molecule has 1 amide bonds. The van der Waals surface area contributed by atoms with Crippen LogP contribution < -0.4 is 10.1 Å². The first-order valence-corrected chi connectivity index (χ1v) is 6.87. The van der Waals surface area contributed by atoms with Gasteiger partial charge in [0.1, 0.15) is 18.4 Å². The van der Waals surface area contributed by atoms with Crippen LogP contribution >= 0.6 is 0 Å². The van der Waals surface area contributed by atoms with E-state index in [2.05, 4.69) is 11.9 Å². The number of carbonyl (C=O) groups is 2. The van der Waals surface area contributed by atoms with E-state index < -0.39 is 17.9 Å². The number of hydrogen-bond acceptors (Lipinski definition) is 3. The number of rotatable bonds is 8. The summed E-state index contributed by atoms with van der Waals surface area (Å²) >= 11 is 0. The summed E-state index contributed by atoms with van der Waals surface area (Å²) < 4.78 is 5.32. The lowest BCUT2D eigenvalue weighted by Gasteiger charge is -2.20. The van der Waals surface area contributed by atoms with Crippen molar-refractivity contribution in [2.45, 2.75) is 26.3 Å². The van der Waals surface area contributed by atoms with Gasteiger partial charge in [0.25, 0.3) is 5.91 Å². The van der Waals surface area contributed by atoms with Crippen molar-refractivity contribution in [1.82, 2.24) is 5.32 Å². The van der Waals surface area contributed by atoms with Crippen molar-refractivity contribution in [3.63, 3.8) is 0 Å². The molecule has 0 saturated heterocycles. The second-order valence-electron chi connectivity index (χ2n) is 4.80. The highest BCUT2D eigenvalue weighted by atomic mass is 16.5. The molecule has 0 unspecified atom stereocenters. The lowest BCUT2D eigenvalue weighted by molar-refractivity contribution is -0.140. The Balaban J connectivity index is 2.73. The summed E-state index contributed by atoms with van der Waals surface area (Å²) in [6.07, 6.45) is 2.30. The zero-order valence-corrected chi connectivity index (χ0v) is 12.3. The number of ether oxygens (including phenoxy) is 1. The zero-order chi connectivity index (χ0) is 15.8. The van der Waals surface area contributed by atoms with E-state index in [1.807, 2.05) is 6.92 Å². The van der Waals surface area contributed by atoms with Gasteiger partial charge in [0.15, 0.2) is 0 Å². The van der Waals surface area contributed by atoms with Gasteiger partial charge >= 0.3 is 5.97 Å². The summed E-state index contributed by atoms with van der Waals surface area (Å²) in [6.45, 7) is 7.62. The molecule has 5 heteroatoms. The summed E-state index contributed by atoms with van der Waals surface area (Å²) in [6, 6.07) is 5.64. The minimum absolute atomic E-state index is 0.137. The number of carboxylic acid groups (broad SMARTS) is 1. The van der Waals surface area contributed by atoms with E-state index >= 15 is 0 Å². The molecule has 2 atom stereocenters. The molecular formula is C16H21NO4. The van der Waals surface area contributed by atoms with Crippen LogP contribution in [0.5, 0.6) is 5.75 Å². The van der Waals surface area contributed by atoms with Crippen LogP contribution in [0.15, 0.2) is 36.9 Å². The molecule has 0 heterocycles. The Morgan fingerprint density at radius 2 is 2.00 bits per heavy atom. The smallest absolute Gasteiger partial charge is 0.326 e. The fourth-order valence-corrected chi connectivity index (χ4v) is 1.77. The molecule has 21 heavy (non-hydrogen) atoms. The van der Waals surface area contributed by atoms with E-state index in [0.717, 1.165) is 0 Å². The molecule has 2 N–H and O–H groups in total. The first kappa shape index (κ1) is 16.8. The van der Waals surface area contributed by atoms with Crippen molar-refractivity contribution in [3.8, 4) is 5.75 Å². The zero-order valence-electron chi connectivity index (χ0n) is 12.3. The van der Waals surface area contributed by atoms with E-state index in [1.165, 1.54) is 0 Å². The van der Waals surface area contributed by atoms with Gasteiger partial charge in [-0.25, -0.2) is 4.79 Å². The standard InChI is InChI=1S/C16H21NO4/c1-4-10-21-13-8-6-12(7-9-13)15(18)17-14(16(19)20)11(3)5-2/h4,6-9,11,14H,1,5,10H2,2-3H3,(H,17,18)(H,19,20)/t11-,14-/m0/s1. The molecule has 1 aromatic carbocycles. The monoisotopic (exact) mass is 291 g/mol. The van der Waals surface area contributed by atoms with Crippen molar-refractivity contribution in [2.75, 3.05) is 6.61 Å². The van der Waals surface area contributed by atoms with E-state index in [4.69, 9.17) is 9.84 Å². The number of carbonyl (C=O) groups excluding carboxylic acids is 1. The van der Waals surface area contributed by atoms with Crippen LogP contribution in [0.3, 0.4) is 0 Å². The van der Waals surface area contributed by atoms with E-state index in [1.54, 1.807) is 37.3 Å². The Bertz CT molecular complexity index is 496. The molecule has 0 saturated carbocycles. The van der Waals surface area contributed by atoms with Crippen LogP contribution in [-0.4, -0.2) is 29.6 Å². The van der Waals surface area contributed by atoms with E-state index in [9.17, 15) is 9.59 Å². The lowest BCUT2D eigenvalue weighted by Crippen LogP contribution is -2.45. The average molecular weight is 291 g/mol. The fourth-order valence-electron chi connectivity index (χ4n) is 1.77. The summed E-state index contributed by atoms with van der Waals surface area (Å²) in [5.74, 6) is -0.939. The van der Waals surface area contributed by atoms with Gasteiger partial charge in [0.05, 0.1) is 0 Å². The van der Waals surface area contributed by atoms with E-state index in [-0.39, 0.29) is 5.92 Å². The van der Waals surface area contributed by atoms with Gasteiger partial charge in [0.2, 0.25) is 0 Å². The molecule has 1 aromatic rings. The highest BCUT2D eigenvalue weighted by molar-refractivity contribution is 5.96. The third kappa shape index (κ3) is 4.95. The third-order valence-electron chi connectivity index (χ3n) is 3.25. The Hall–Kier alpha value is -2.30. The number of benzene rings is 1. The Morgan fingerprint density at radius 3 is 2.48 bits per heavy atom. The third-order valence-corrected chi connectivity index (χ3v) is 3.25. The van der Waals surface area contributed by atoms with Crippen molar-refractivity contribution >= 4 is 11.9 Å². The van der Waals surface area contributed by atoms with Crippen LogP contribution in [0.25, 0.3) is 0 Å². The quantitative estimate of drug-likeness (QED) is 0.721. The summed E-state index contributed by atoms with van der Waals surface area (Å²) in [5, 5.41) is 11.7. The maximum Gasteiger partial charge on any atom is 0.326 e. The summed E-state index contributed by atoms with van der Waals surface area (Å²) in [7, 11) is 0. The van der Waals surface area contributed by atoms with Crippen molar-refractivity contribution in [1.29, 1.82) is 0 Å². The highest BCUT2D eigenvalue weighted by Gasteiger charge is 2.25. The van der Waals surface area contributed by atoms with Crippen molar-refractivity contribution < 1.29 is 19.4 Å². The minimum Gasteiger partial charge on any atom is -0.490 e. The second kappa shape index (κ2) is 8.09. The average Bonchev–Trinajstić information content (AvgIpc) is 2.49. The molecule has 0 radical (unpaired) electrons. The molecule has 0 aliphatic rings. The Kier molecular flexibility index (Phi) is 6.46. The molecule has 0 fully saturated rings. The van der Waals surface area contributed by atoms with Crippen LogP contribution in [0.4, 0.5) is 0 Å². The number of hydrogen-bond donors (Lipinski definition) is 2. The molecule has 114 valence electrons. The van der Waals surface area contributed by atoms with Crippen LogP contribution in [0.2, 0.25) is 0 Å². The minimum atomic E-state index is -1.02. The highest BCUT2D eigenvalue weighted by Crippen LogP contribution is 2.13. The van der Waals surface area contributed by atoms with Gasteiger partial charge in [-0.05, 0) is 30.2 Å². The maximum atomic E-state index is 12.1. The van der Waals surface area contributed by atoms with Crippen LogP contribution in [0.1, 0.15) is 30.6 Å². The fraction of sp³-hybridized carbons (Fsp3) is 0.375. The molecule has 0 aromatic heterocycles. The number of nitrogens with one attached hydrogen (secondary N) is 1.